The topological polar surface area (TPSA) is 60.4 Å². The van der Waals surface area contributed by atoms with Crippen molar-refractivity contribution in [3.05, 3.63) is 29.3 Å². The van der Waals surface area contributed by atoms with Gasteiger partial charge in [0.05, 0.1) is 6.26 Å². The Morgan fingerprint density at radius 2 is 2.00 bits per heavy atom. The highest BCUT2D eigenvalue weighted by Crippen LogP contribution is 2.60. The number of alkyl halides is 1. The Balaban J connectivity index is 1.69. The van der Waals surface area contributed by atoms with Crippen LogP contribution in [0.4, 0.5) is 4.39 Å². The van der Waals surface area contributed by atoms with E-state index in [1.54, 1.807) is 12.1 Å². The molecule has 0 saturated heterocycles. The lowest BCUT2D eigenvalue weighted by molar-refractivity contribution is -0.131. The molecule has 0 heterocycles. The molecular weight excluding hydrogens is 343 g/mol. The number of hydrogen-bond acceptors (Lipinski definition) is 4. The van der Waals surface area contributed by atoms with Crippen LogP contribution < -0.4 is 4.18 Å². The lowest BCUT2D eigenvalue weighted by atomic mass is 9.55. The molecule has 0 aliphatic heterocycles. The van der Waals surface area contributed by atoms with Crippen LogP contribution in [0.3, 0.4) is 0 Å². The second-order valence-electron chi connectivity index (χ2n) is 8.08. The van der Waals surface area contributed by atoms with Gasteiger partial charge >= 0.3 is 10.1 Å². The van der Waals surface area contributed by atoms with Crippen molar-refractivity contribution in [1.29, 1.82) is 0 Å². The summed E-state index contributed by atoms with van der Waals surface area (Å²) < 4.78 is 42.8. The summed E-state index contributed by atoms with van der Waals surface area (Å²) in [6.07, 6.45) is 3.34. The molecule has 1 aromatic rings. The Morgan fingerprint density at radius 3 is 2.72 bits per heavy atom. The number of carbonyl (C=O) groups excluding carboxylic acids is 1. The van der Waals surface area contributed by atoms with Crippen LogP contribution >= 0.6 is 0 Å². The highest BCUT2D eigenvalue weighted by atomic mass is 32.2. The van der Waals surface area contributed by atoms with Gasteiger partial charge in [0.15, 0.2) is 0 Å². The number of hydrogen-bond donors (Lipinski definition) is 0. The van der Waals surface area contributed by atoms with E-state index in [-0.39, 0.29) is 29.3 Å². The van der Waals surface area contributed by atoms with Crippen LogP contribution in [0.2, 0.25) is 0 Å². The molecule has 6 heteroatoms. The van der Waals surface area contributed by atoms with Crippen molar-refractivity contribution in [2.75, 3.05) is 6.26 Å². The molecule has 3 aliphatic rings. The van der Waals surface area contributed by atoms with E-state index >= 15 is 4.39 Å². The smallest absolute Gasteiger partial charge is 0.306 e. The molecular formula is C19H23FO4S. The van der Waals surface area contributed by atoms with Gasteiger partial charge in [-0.1, -0.05) is 13.0 Å². The van der Waals surface area contributed by atoms with Gasteiger partial charge in [-0.15, -0.1) is 0 Å². The first-order chi connectivity index (χ1) is 11.7. The molecule has 25 heavy (non-hydrogen) atoms. The number of ketones is 1. The minimum atomic E-state index is -3.58. The van der Waals surface area contributed by atoms with E-state index in [0.717, 1.165) is 36.6 Å². The minimum absolute atomic E-state index is 0.189. The van der Waals surface area contributed by atoms with Crippen molar-refractivity contribution in [1.82, 2.24) is 0 Å². The summed E-state index contributed by atoms with van der Waals surface area (Å²) in [5.41, 5.74) is 1.43. The van der Waals surface area contributed by atoms with Crippen molar-refractivity contribution in [2.45, 2.75) is 51.1 Å². The van der Waals surface area contributed by atoms with Gasteiger partial charge in [-0.05, 0) is 60.8 Å². The van der Waals surface area contributed by atoms with Crippen LogP contribution in [0, 0.1) is 17.3 Å². The van der Waals surface area contributed by atoms with Crippen LogP contribution in [0.5, 0.6) is 5.75 Å². The van der Waals surface area contributed by atoms with E-state index in [2.05, 4.69) is 0 Å². The number of aryl methyl sites for hydroxylation is 1. The molecule has 2 saturated carbocycles. The Morgan fingerprint density at radius 1 is 1.24 bits per heavy atom. The predicted octanol–water partition coefficient (Wildman–Crippen LogP) is 3.40. The molecule has 0 bridgehead atoms. The molecule has 0 N–H and O–H groups in total. The number of benzene rings is 1. The molecule has 0 amide bonds. The SMILES string of the molecule is C[C@]12C[C@H](F)[C@@H]3c4ccc(OS(C)(=O)=O)cc4CC[C@H]3[C@@H]1CCC2=O. The molecule has 3 aliphatic carbocycles. The fourth-order valence-corrected chi connectivity index (χ4v) is 6.03. The Kier molecular flexibility index (Phi) is 3.76. The van der Waals surface area contributed by atoms with Crippen molar-refractivity contribution < 1.29 is 21.8 Å². The summed E-state index contributed by atoms with van der Waals surface area (Å²) in [5.74, 6) is 0.763. The molecule has 0 unspecified atom stereocenters. The standard InChI is InChI=1S/C19H23FO4S/c1-19-10-16(20)18-13-6-4-12(24-25(2,22)23)9-11(13)3-5-14(18)15(19)7-8-17(19)21/h4,6,9,14-16,18H,3,5,7-8,10H2,1-2H3/t14-,15-,16-,18+,19-/m0/s1. The molecule has 4 rings (SSSR count). The lowest BCUT2D eigenvalue weighted by Crippen LogP contribution is -2.47. The van der Waals surface area contributed by atoms with Crippen LogP contribution in [0.25, 0.3) is 0 Å². The molecule has 136 valence electrons. The van der Waals surface area contributed by atoms with Gasteiger partial charge in [-0.2, -0.15) is 8.42 Å². The van der Waals surface area contributed by atoms with Gasteiger partial charge in [-0.25, -0.2) is 4.39 Å². The highest BCUT2D eigenvalue weighted by Gasteiger charge is 2.58. The summed E-state index contributed by atoms with van der Waals surface area (Å²) in [4.78, 5) is 12.3. The molecule has 2 fully saturated rings. The van der Waals surface area contributed by atoms with Crippen LogP contribution in [0.15, 0.2) is 18.2 Å². The summed E-state index contributed by atoms with van der Waals surface area (Å²) in [6.45, 7) is 1.95. The third kappa shape index (κ3) is 2.69. The van der Waals surface area contributed by atoms with Gasteiger partial charge in [-0.3, -0.25) is 4.79 Å². The number of halogens is 1. The van der Waals surface area contributed by atoms with Crippen LogP contribution in [-0.4, -0.2) is 26.6 Å². The fraction of sp³-hybridized carbons (Fsp3) is 0.632. The Labute approximate surface area is 147 Å². The maximum atomic E-state index is 15.1. The van der Waals surface area contributed by atoms with Gasteiger partial charge in [0.1, 0.15) is 17.7 Å². The molecule has 0 radical (unpaired) electrons. The lowest BCUT2D eigenvalue weighted by Gasteiger charge is -2.49. The van der Waals surface area contributed by atoms with Crippen molar-refractivity contribution in [3.8, 4) is 5.75 Å². The average Bonchev–Trinajstić information content (AvgIpc) is 2.80. The molecule has 1 aromatic carbocycles. The zero-order valence-corrected chi connectivity index (χ0v) is 15.3. The van der Waals surface area contributed by atoms with E-state index in [1.807, 2.05) is 13.0 Å². The molecule has 0 spiro atoms. The maximum Gasteiger partial charge on any atom is 0.306 e. The van der Waals surface area contributed by atoms with E-state index in [4.69, 9.17) is 4.18 Å². The van der Waals surface area contributed by atoms with E-state index in [1.165, 1.54) is 0 Å². The molecule has 5 atom stereocenters. The number of carbonyl (C=O) groups is 1. The highest BCUT2D eigenvalue weighted by molar-refractivity contribution is 7.86. The third-order valence-corrected chi connectivity index (χ3v) is 7.09. The largest absolute Gasteiger partial charge is 0.383 e. The first kappa shape index (κ1) is 17.0. The van der Waals surface area contributed by atoms with E-state index in [0.29, 0.717) is 12.8 Å². The summed E-state index contributed by atoms with van der Waals surface area (Å²) in [7, 11) is -3.58. The number of Topliss-reactive ketones (excluding diaryl/α,β-unsaturated/α-hetero) is 1. The third-order valence-electron chi connectivity index (χ3n) is 6.59. The monoisotopic (exact) mass is 366 g/mol. The Bertz CT molecular complexity index is 834. The zero-order chi connectivity index (χ0) is 18.0. The average molecular weight is 366 g/mol. The predicted molar refractivity (Wildman–Crippen MR) is 91.8 cm³/mol. The van der Waals surface area contributed by atoms with Gasteiger partial charge in [0.2, 0.25) is 0 Å². The van der Waals surface area contributed by atoms with Crippen molar-refractivity contribution in [3.63, 3.8) is 0 Å². The number of rotatable bonds is 2. The maximum absolute atomic E-state index is 15.1. The second-order valence-corrected chi connectivity index (χ2v) is 9.66. The fourth-order valence-electron chi connectivity index (χ4n) is 5.58. The number of fused-ring (bicyclic) bond motifs is 5. The first-order valence-electron chi connectivity index (χ1n) is 8.89. The molecule has 4 nitrogen and oxygen atoms in total. The zero-order valence-electron chi connectivity index (χ0n) is 14.5. The quantitative estimate of drug-likeness (QED) is 0.753. The van der Waals surface area contributed by atoms with Crippen LogP contribution in [-0.2, 0) is 21.3 Å². The first-order valence-corrected chi connectivity index (χ1v) is 10.7. The van der Waals surface area contributed by atoms with Gasteiger partial charge < -0.3 is 4.18 Å². The summed E-state index contributed by atoms with van der Waals surface area (Å²) >= 11 is 0. The summed E-state index contributed by atoms with van der Waals surface area (Å²) in [6, 6.07) is 5.16. The van der Waals surface area contributed by atoms with Gasteiger partial charge in [0, 0.05) is 17.8 Å². The normalized spacial score (nSPS) is 37.2. The van der Waals surface area contributed by atoms with Crippen LogP contribution in [0.1, 0.15) is 49.7 Å². The van der Waals surface area contributed by atoms with E-state index in [9.17, 15) is 13.2 Å². The van der Waals surface area contributed by atoms with Crippen molar-refractivity contribution in [2.24, 2.45) is 17.3 Å². The Hall–Kier alpha value is -1.43. The summed E-state index contributed by atoms with van der Waals surface area (Å²) in [5, 5.41) is 0. The van der Waals surface area contributed by atoms with Gasteiger partial charge in [0.25, 0.3) is 0 Å². The van der Waals surface area contributed by atoms with E-state index < -0.39 is 21.7 Å². The second kappa shape index (κ2) is 5.53. The minimum Gasteiger partial charge on any atom is -0.383 e. The van der Waals surface area contributed by atoms with Crippen molar-refractivity contribution >= 4 is 15.9 Å². The molecule has 0 aromatic heterocycles.